The standard InChI is InChI=1S/C9H9N3O2/c1-2-4-11-8(13)6-12-7-10-5-3-9(12)14/h1,3,5,7H,4,6H2,(H,11,13). The van der Waals surface area contributed by atoms with Gasteiger partial charge in [0.15, 0.2) is 0 Å². The minimum absolute atomic E-state index is 0.0612. The molecule has 0 fully saturated rings. The first kappa shape index (κ1) is 9.99. The maximum Gasteiger partial charge on any atom is 0.253 e. The Balaban J connectivity index is 2.62. The number of carbonyl (C=O) groups excluding carboxylic acids is 1. The van der Waals surface area contributed by atoms with Crippen molar-refractivity contribution in [1.29, 1.82) is 0 Å². The SMILES string of the molecule is C#CCNC(=O)Cn1cnccc1=O. The van der Waals surface area contributed by atoms with Crippen molar-refractivity contribution >= 4 is 5.91 Å². The lowest BCUT2D eigenvalue weighted by Crippen LogP contribution is -2.32. The van der Waals surface area contributed by atoms with Crippen LogP contribution in [0.2, 0.25) is 0 Å². The van der Waals surface area contributed by atoms with E-state index in [2.05, 4.69) is 16.2 Å². The first-order valence-electron chi connectivity index (χ1n) is 3.94. The topological polar surface area (TPSA) is 64.0 Å². The lowest BCUT2D eigenvalue weighted by Gasteiger charge is -2.03. The van der Waals surface area contributed by atoms with Crippen LogP contribution in [0, 0.1) is 12.3 Å². The smallest absolute Gasteiger partial charge is 0.253 e. The lowest BCUT2D eigenvalue weighted by molar-refractivity contribution is -0.121. The van der Waals surface area contributed by atoms with Crippen molar-refractivity contribution in [3.8, 4) is 12.3 Å². The minimum atomic E-state index is -0.307. The number of hydrogen-bond donors (Lipinski definition) is 1. The Morgan fingerprint density at radius 3 is 3.14 bits per heavy atom. The molecule has 0 saturated carbocycles. The first-order chi connectivity index (χ1) is 6.74. The third-order valence-electron chi connectivity index (χ3n) is 1.49. The summed E-state index contributed by atoms with van der Waals surface area (Å²) in [5, 5.41) is 2.45. The Hall–Kier alpha value is -2.09. The average Bonchev–Trinajstić information content (AvgIpc) is 2.18. The van der Waals surface area contributed by atoms with Gasteiger partial charge in [0.1, 0.15) is 6.54 Å². The number of amides is 1. The van der Waals surface area contributed by atoms with Crippen molar-refractivity contribution in [2.24, 2.45) is 0 Å². The highest BCUT2D eigenvalue weighted by Crippen LogP contribution is 1.78. The average molecular weight is 191 g/mol. The summed E-state index contributed by atoms with van der Waals surface area (Å²) in [5.41, 5.74) is -0.268. The van der Waals surface area contributed by atoms with Crippen LogP contribution in [0.5, 0.6) is 0 Å². The van der Waals surface area contributed by atoms with E-state index in [0.717, 1.165) is 0 Å². The van der Waals surface area contributed by atoms with Gasteiger partial charge in [-0.25, -0.2) is 4.98 Å². The van der Waals surface area contributed by atoms with E-state index in [-0.39, 0.29) is 24.6 Å². The van der Waals surface area contributed by atoms with Crippen molar-refractivity contribution in [1.82, 2.24) is 14.9 Å². The molecule has 0 aliphatic carbocycles. The van der Waals surface area contributed by atoms with Crippen LogP contribution in [-0.2, 0) is 11.3 Å². The molecule has 0 spiro atoms. The van der Waals surface area contributed by atoms with E-state index in [0.29, 0.717) is 0 Å². The maximum absolute atomic E-state index is 11.1. The van der Waals surface area contributed by atoms with Gasteiger partial charge in [-0.1, -0.05) is 5.92 Å². The largest absolute Gasteiger partial charge is 0.344 e. The van der Waals surface area contributed by atoms with Gasteiger partial charge in [0, 0.05) is 12.3 Å². The summed E-state index contributed by atoms with van der Waals surface area (Å²) >= 11 is 0. The molecule has 0 atom stereocenters. The summed E-state index contributed by atoms with van der Waals surface area (Å²) in [6, 6.07) is 1.29. The number of nitrogens with zero attached hydrogens (tertiary/aromatic N) is 2. The van der Waals surface area contributed by atoms with Crippen molar-refractivity contribution in [2.75, 3.05) is 6.54 Å². The Kier molecular flexibility index (Phi) is 3.44. The lowest BCUT2D eigenvalue weighted by atomic mass is 10.5. The molecule has 0 unspecified atom stereocenters. The number of hydrogen-bond acceptors (Lipinski definition) is 3. The third kappa shape index (κ3) is 2.75. The van der Waals surface area contributed by atoms with E-state index in [4.69, 9.17) is 6.42 Å². The molecule has 1 aromatic heterocycles. The predicted molar refractivity (Wildman–Crippen MR) is 50.3 cm³/mol. The zero-order valence-electron chi connectivity index (χ0n) is 7.43. The normalized spacial score (nSPS) is 9.07. The van der Waals surface area contributed by atoms with E-state index in [9.17, 15) is 9.59 Å². The van der Waals surface area contributed by atoms with E-state index in [1.54, 1.807) is 0 Å². The van der Waals surface area contributed by atoms with Crippen LogP contribution in [0.1, 0.15) is 0 Å². The summed E-state index contributed by atoms with van der Waals surface area (Å²) in [5.74, 6) is 1.96. The predicted octanol–water partition coefficient (Wildman–Crippen LogP) is -1.01. The van der Waals surface area contributed by atoms with Gasteiger partial charge in [-0.15, -0.1) is 6.42 Å². The van der Waals surface area contributed by atoms with E-state index in [1.807, 2.05) is 0 Å². The van der Waals surface area contributed by atoms with Gasteiger partial charge in [-0.2, -0.15) is 0 Å². The summed E-state index contributed by atoms with van der Waals surface area (Å²) in [6.07, 6.45) is 7.63. The van der Waals surface area contributed by atoms with Crippen LogP contribution >= 0.6 is 0 Å². The van der Waals surface area contributed by atoms with Crippen molar-refractivity contribution in [3.05, 3.63) is 28.9 Å². The van der Waals surface area contributed by atoms with Gasteiger partial charge < -0.3 is 5.32 Å². The number of carbonyl (C=O) groups is 1. The Labute approximate surface area is 80.8 Å². The fourth-order valence-electron chi connectivity index (χ4n) is 0.857. The molecule has 0 aliphatic heterocycles. The fraction of sp³-hybridized carbons (Fsp3) is 0.222. The second-order valence-corrected chi connectivity index (χ2v) is 2.53. The van der Waals surface area contributed by atoms with Crippen LogP contribution in [0.25, 0.3) is 0 Å². The van der Waals surface area contributed by atoms with Crippen LogP contribution < -0.4 is 10.9 Å². The zero-order chi connectivity index (χ0) is 10.4. The zero-order valence-corrected chi connectivity index (χ0v) is 7.43. The van der Waals surface area contributed by atoms with Gasteiger partial charge >= 0.3 is 0 Å². The minimum Gasteiger partial charge on any atom is -0.344 e. The molecule has 14 heavy (non-hydrogen) atoms. The maximum atomic E-state index is 11.1. The van der Waals surface area contributed by atoms with E-state index < -0.39 is 0 Å². The first-order valence-corrected chi connectivity index (χ1v) is 3.94. The molecule has 1 amide bonds. The van der Waals surface area contributed by atoms with Crippen LogP contribution in [0.15, 0.2) is 23.4 Å². The number of nitrogens with one attached hydrogen (secondary N) is 1. The summed E-state index contributed by atoms with van der Waals surface area (Å²) in [7, 11) is 0. The molecule has 0 bridgehead atoms. The molecule has 1 N–H and O–H groups in total. The number of rotatable bonds is 3. The fourth-order valence-corrected chi connectivity index (χ4v) is 0.857. The van der Waals surface area contributed by atoms with Gasteiger partial charge in [-0.05, 0) is 0 Å². The summed E-state index contributed by atoms with van der Waals surface area (Å²) in [6.45, 7) is 0.0994. The highest BCUT2D eigenvalue weighted by molar-refractivity contribution is 5.75. The molecular formula is C9H9N3O2. The molecule has 5 nitrogen and oxygen atoms in total. The quantitative estimate of drug-likeness (QED) is 0.623. The van der Waals surface area contributed by atoms with Crippen LogP contribution in [0.3, 0.4) is 0 Å². The van der Waals surface area contributed by atoms with Crippen molar-refractivity contribution in [3.63, 3.8) is 0 Å². The Morgan fingerprint density at radius 1 is 1.71 bits per heavy atom. The molecule has 5 heteroatoms. The monoisotopic (exact) mass is 191 g/mol. The molecule has 0 aliphatic rings. The Bertz CT molecular complexity index is 417. The molecule has 0 aromatic carbocycles. The summed E-state index contributed by atoms with van der Waals surface area (Å²) in [4.78, 5) is 26.0. The number of terminal acetylenes is 1. The van der Waals surface area contributed by atoms with Gasteiger partial charge in [0.2, 0.25) is 5.91 Å². The van der Waals surface area contributed by atoms with Crippen LogP contribution in [0.4, 0.5) is 0 Å². The molecular weight excluding hydrogens is 182 g/mol. The molecule has 1 rings (SSSR count). The molecule has 72 valence electrons. The highest BCUT2D eigenvalue weighted by Gasteiger charge is 2.01. The Morgan fingerprint density at radius 2 is 2.50 bits per heavy atom. The van der Waals surface area contributed by atoms with Crippen molar-refractivity contribution in [2.45, 2.75) is 6.54 Å². The van der Waals surface area contributed by atoms with Gasteiger partial charge in [0.05, 0.1) is 12.9 Å². The summed E-state index contributed by atoms with van der Waals surface area (Å²) < 4.78 is 1.20. The molecule has 1 heterocycles. The van der Waals surface area contributed by atoms with Crippen molar-refractivity contribution < 1.29 is 4.79 Å². The van der Waals surface area contributed by atoms with Gasteiger partial charge in [0.25, 0.3) is 5.56 Å². The van der Waals surface area contributed by atoms with E-state index in [1.165, 1.54) is 23.2 Å². The molecule has 1 aromatic rings. The molecule has 0 saturated heterocycles. The second kappa shape index (κ2) is 4.82. The highest BCUT2D eigenvalue weighted by atomic mass is 16.2. The second-order valence-electron chi connectivity index (χ2n) is 2.53. The molecule has 0 radical (unpaired) electrons. The van der Waals surface area contributed by atoms with E-state index >= 15 is 0 Å². The number of aromatic nitrogens is 2. The third-order valence-corrected chi connectivity index (χ3v) is 1.49. The van der Waals surface area contributed by atoms with Gasteiger partial charge in [-0.3, -0.25) is 14.2 Å². The van der Waals surface area contributed by atoms with Crippen LogP contribution in [-0.4, -0.2) is 22.0 Å².